The van der Waals surface area contributed by atoms with E-state index in [-0.39, 0.29) is 18.4 Å². The monoisotopic (exact) mass is 413 g/mol. The van der Waals surface area contributed by atoms with Gasteiger partial charge in [-0.05, 0) is 24.3 Å². The third-order valence-corrected chi connectivity index (χ3v) is 5.69. The summed E-state index contributed by atoms with van der Waals surface area (Å²) >= 11 is 0. The van der Waals surface area contributed by atoms with Gasteiger partial charge in [0.05, 0.1) is 18.4 Å². The van der Waals surface area contributed by atoms with E-state index >= 15 is 0 Å². The Morgan fingerprint density at radius 1 is 0.933 bits per heavy atom. The van der Waals surface area contributed by atoms with Crippen LogP contribution in [0.4, 0.5) is 5.82 Å². The number of piperazine rings is 2. The molecule has 0 saturated carbocycles. The van der Waals surface area contributed by atoms with E-state index in [4.69, 9.17) is 9.52 Å². The van der Waals surface area contributed by atoms with Gasteiger partial charge in [-0.15, -0.1) is 0 Å². The van der Waals surface area contributed by atoms with Gasteiger partial charge in [-0.2, -0.15) is 0 Å². The highest BCUT2D eigenvalue weighted by Gasteiger charge is 2.29. The number of pyridine rings is 1. The molecule has 0 bridgehead atoms. The maximum Gasteiger partial charge on any atom is 0.289 e. The molecule has 4 heterocycles. The number of hydrogen-bond acceptors (Lipinski definition) is 7. The van der Waals surface area contributed by atoms with Crippen LogP contribution in [0.1, 0.15) is 20.9 Å². The van der Waals surface area contributed by atoms with Crippen LogP contribution in [-0.4, -0.2) is 102 Å². The van der Waals surface area contributed by atoms with Crippen molar-refractivity contribution in [3.63, 3.8) is 0 Å². The maximum absolute atomic E-state index is 13.2. The average Bonchev–Trinajstić information content (AvgIpc) is 3.34. The molecule has 9 nitrogen and oxygen atoms in total. The normalized spacial score (nSPS) is 18.0. The lowest BCUT2D eigenvalue weighted by molar-refractivity contribution is 0.0518. The summed E-state index contributed by atoms with van der Waals surface area (Å²) in [5.41, 5.74) is 0.596. The fourth-order valence-electron chi connectivity index (χ4n) is 3.98. The Morgan fingerprint density at radius 2 is 1.63 bits per heavy atom. The zero-order chi connectivity index (χ0) is 20.9. The van der Waals surface area contributed by atoms with Crippen LogP contribution in [0.15, 0.2) is 41.1 Å². The van der Waals surface area contributed by atoms with Crippen molar-refractivity contribution < 1.29 is 19.1 Å². The van der Waals surface area contributed by atoms with Crippen LogP contribution in [0.25, 0.3) is 0 Å². The molecule has 2 saturated heterocycles. The molecule has 0 aliphatic carbocycles. The first-order valence-electron chi connectivity index (χ1n) is 10.3. The molecule has 9 heteroatoms. The summed E-state index contributed by atoms with van der Waals surface area (Å²) in [6.07, 6.45) is 3.20. The van der Waals surface area contributed by atoms with Crippen molar-refractivity contribution in [2.24, 2.45) is 0 Å². The van der Waals surface area contributed by atoms with E-state index in [2.05, 4.69) is 14.8 Å². The predicted octanol–water partition coefficient (Wildman–Crippen LogP) is 0.387. The van der Waals surface area contributed by atoms with Crippen LogP contribution in [0.3, 0.4) is 0 Å². The Labute approximate surface area is 175 Å². The van der Waals surface area contributed by atoms with Gasteiger partial charge < -0.3 is 24.2 Å². The van der Waals surface area contributed by atoms with Crippen LogP contribution in [-0.2, 0) is 0 Å². The highest BCUT2D eigenvalue weighted by atomic mass is 16.3. The quantitative estimate of drug-likeness (QED) is 0.758. The number of carbonyl (C=O) groups excluding carboxylic acids is 2. The Kier molecular flexibility index (Phi) is 6.29. The van der Waals surface area contributed by atoms with Crippen LogP contribution in [0.5, 0.6) is 0 Å². The van der Waals surface area contributed by atoms with Crippen LogP contribution in [0, 0.1) is 0 Å². The van der Waals surface area contributed by atoms with Gasteiger partial charge in [0.2, 0.25) is 0 Å². The number of hydrogen-bond donors (Lipinski definition) is 1. The first-order valence-corrected chi connectivity index (χ1v) is 10.3. The molecule has 4 rings (SSSR count). The van der Waals surface area contributed by atoms with Crippen LogP contribution < -0.4 is 4.90 Å². The van der Waals surface area contributed by atoms with Gasteiger partial charge in [0.25, 0.3) is 11.8 Å². The van der Waals surface area contributed by atoms with Gasteiger partial charge in [0.15, 0.2) is 5.76 Å². The number of nitrogens with zero attached hydrogens (tertiary/aromatic N) is 5. The van der Waals surface area contributed by atoms with Gasteiger partial charge in [-0.3, -0.25) is 14.5 Å². The molecule has 0 spiro atoms. The molecular weight excluding hydrogens is 386 g/mol. The van der Waals surface area contributed by atoms with Gasteiger partial charge in [0, 0.05) is 65.1 Å². The maximum atomic E-state index is 13.2. The summed E-state index contributed by atoms with van der Waals surface area (Å²) in [6.45, 7) is 5.92. The number of aliphatic hydroxyl groups is 1. The van der Waals surface area contributed by atoms with Crippen molar-refractivity contribution in [2.45, 2.75) is 0 Å². The fraction of sp³-hybridized carbons (Fsp3) is 0.476. The van der Waals surface area contributed by atoms with E-state index < -0.39 is 0 Å². The molecule has 0 unspecified atom stereocenters. The molecule has 0 aromatic carbocycles. The summed E-state index contributed by atoms with van der Waals surface area (Å²) < 4.78 is 5.19. The van der Waals surface area contributed by atoms with Crippen molar-refractivity contribution in [3.05, 3.63) is 48.0 Å². The van der Waals surface area contributed by atoms with Crippen molar-refractivity contribution in [1.82, 2.24) is 19.7 Å². The molecule has 0 radical (unpaired) electrons. The third kappa shape index (κ3) is 4.31. The van der Waals surface area contributed by atoms with E-state index in [1.807, 2.05) is 6.07 Å². The van der Waals surface area contributed by atoms with Gasteiger partial charge in [-0.25, -0.2) is 4.98 Å². The second kappa shape index (κ2) is 9.27. The van der Waals surface area contributed by atoms with E-state index in [9.17, 15) is 9.59 Å². The molecule has 2 aromatic heterocycles. The highest BCUT2D eigenvalue weighted by molar-refractivity contribution is 5.99. The van der Waals surface area contributed by atoms with Gasteiger partial charge >= 0.3 is 0 Å². The Hall–Kier alpha value is -2.91. The number of anilines is 1. The lowest BCUT2D eigenvalue weighted by atomic mass is 10.1. The van der Waals surface area contributed by atoms with Crippen molar-refractivity contribution in [3.8, 4) is 0 Å². The standard InChI is InChI=1S/C21H27N5O4/c27-15-14-23-6-8-24(9-7-23)19-17(3-1-5-22-19)20(28)25-10-12-26(13-11-25)21(29)18-4-2-16-30-18/h1-5,16,27H,6-15H2. The molecule has 2 aliphatic heterocycles. The van der Waals surface area contributed by atoms with E-state index in [1.54, 1.807) is 34.2 Å². The fourth-order valence-corrected chi connectivity index (χ4v) is 3.98. The smallest absolute Gasteiger partial charge is 0.289 e. The number of furan rings is 1. The molecule has 30 heavy (non-hydrogen) atoms. The summed E-state index contributed by atoms with van der Waals surface area (Å²) in [7, 11) is 0. The minimum atomic E-state index is -0.144. The lowest BCUT2D eigenvalue weighted by Crippen LogP contribution is -2.51. The molecule has 160 valence electrons. The summed E-state index contributed by atoms with van der Waals surface area (Å²) in [5.74, 6) is 0.834. The average molecular weight is 413 g/mol. The van der Waals surface area contributed by atoms with E-state index in [1.165, 1.54) is 6.26 Å². The SMILES string of the molecule is O=C(c1ccco1)N1CCN(C(=O)c2cccnc2N2CCN(CCO)CC2)CC1. The van der Waals surface area contributed by atoms with Gasteiger partial charge in [0.1, 0.15) is 5.82 Å². The molecular formula is C21H27N5O4. The molecule has 2 amide bonds. The summed E-state index contributed by atoms with van der Waals surface area (Å²) in [4.78, 5) is 38.0. The van der Waals surface area contributed by atoms with Gasteiger partial charge in [-0.1, -0.05) is 0 Å². The predicted molar refractivity (Wildman–Crippen MR) is 110 cm³/mol. The zero-order valence-electron chi connectivity index (χ0n) is 16.9. The molecule has 2 fully saturated rings. The molecule has 2 aromatic rings. The number of amides is 2. The minimum absolute atomic E-state index is 0.0546. The van der Waals surface area contributed by atoms with Crippen molar-refractivity contribution in [2.75, 3.05) is 70.4 Å². The Bertz CT molecular complexity index is 856. The number of β-amino-alcohol motifs (C(OH)–C–C–N with tert-alkyl or cyclic N) is 1. The number of aromatic nitrogens is 1. The zero-order valence-corrected chi connectivity index (χ0v) is 16.9. The van der Waals surface area contributed by atoms with E-state index in [0.717, 1.165) is 26.2 Å². The first kappa shape index (κ1) is 20.4. The topological polar surface area (TPSA) is 93.4 Å². The number of carbonyl (C=O) groups is 2. The first-order chi connectivity index (χ1) is 14.7. The molecule has 0 atom stereocenters. The second-order valence-corrected chi connectivity index (χ2v) is 7.49. The van der Waals surface area contributed by atoms with Crippen LogP contribution >= 0.6 is 0 Å². The highest BCUT2D eigenvalue weighted by Crippen LogP contribution is 2.22. The Morgan fingerprint density at radius 3 is 2.27 bits per heavy atom. The summed E-state index contributed by atoms with van der Waals surface area (Å²) in [5, 5.41) is 9.12. The van der Waals surface area contributed by atoms with Crippen molar-refractivity contribution >= 4 is 17.6 Å². The lowest BCUT2D eigenvalue weighted by Gasteiger charge is -2.37. The van der Waals surface area contributed by atoms with Crippen LogP contribution in [0.2, 0.25) is 0 Å². The summed E-state index contributed by atoms with van der Waals surface area (Å²) in [6, 6.07) is 6.96. The number of aliphatic hydroxyl groups excluding tert-OH is 1. The molecule has 2 aliphatic rings. The second-order valence-electron chi connectivity index (χ2n) is 7.49. The Balaban J connectivity index is 1.39. The minimum Gasteiger partial charge on any atom is -0.459 e. The third-order valence-electron chi connectivity index (χ3n) is 5.69. The van der Waals surface area contributed by atoms with E-state index in [0.29, 0.717) is 49.9 Å². The van der Waals surface area contributed by atoms with Crippen molar-refractivity contribution in [1.29, 1.82) is 0 Å². The number of rotatable bonds is 5. The largest absolute Gasteiger partial charge is 0.459 e. The molecule has 1 N–H and O–H groups in total.